The lowest BCUT2D eigenvalue weighted by Gasteiger charge is -2.16. The fraction of sp³-hybridized carbons (Fsp3) is 0.409. The third-order valence-electron chi connectivity index (χ3n) is 4.72. The number of anilines is 1. The van der Waals surface area contributed by atoms with E-state index in [9.17, 15) is 0 Å². The number of nitrogens with zero attached hydrogens (tertiary/aromatic N) is 1. The van der Waals surface area contributed by atoms with Gasteiger partial charge in [0.25, 0.3) is 0 Å². The second-order valence-electron chi connectivity index (χ2n) is 6.87. The van der Waals surface area contributed by atoms with Gasteiger partial charge in [0, 0.05) is 18.0 Å². The molecule has 0 saturated carbocycles. The summed E-state index contributed by atoms with van der Waals surface area (Å²) in [6.45, 7) is 6.03. The Morgan fingerprint density at radius 3 is 2.54 bits per heavy atom. The van der Waals surface area contributed by atoms with E-state index < -0.39 is 0 Å². The SMILES string of the molecule is CCCC(CCC)COc1ccc2c(NCc3ccccc3)n[nH]c2c1. The van der Waals surface area contributed by atoms with Crippen LogP contribution in [0.2, 0.25) is 0 Å². The molecule has 0 bridgehead atoms. The summed E-state index contributed by atoms with van der Waals surface area (Å²) >= 11 is 0. The monoisotopic (exact) mass is 351 g/mol. The highest BCUT2D eigenvalue weighted by Crippen LogP contribution is 2.26. The molecule has 0 aliphatic heterocycles. The molecule has 2 N–H and O–H groups in total. The largest absolute Gasteiger partial charge is 0.493 e. The number of hydrogen-bond donors (Lipinski definition) is 2. The van der Waals surface area contributed by atoms with Gasteiger partial charge in [0.05, 0.1) is 12.1 Å². The van der Waals surface area contributed by atoms with E-state index in [0.717, 1.165) is 35.6 Å². The minimum Gasteiger partial charge on any atom is -0.493 e. The normalized spacial score (nSPS) is 11.2. The van der Waals surface area contributed by atoms with Gasteiger partial charge in [-0.1, -0.05) is 57.0 Å². The first-order valence-electron chi connectivity index (χ1n) is 9.68. The molecule has 4 nitrogen and oxygen atoms in total. The van der Waals surface area contributed by atoms with Crippen LogP contribution >= 0.6 is 0 Å². The van der Waals surface area contributed by atoms with Gasteiger partial charge in [-0.2, -0.15) is 5.10 Å². The summed E-state index contributed by atoms with van der Waals surface area (Å²) in [4.78, 5) is 0. The molecule has 4 heteroatoms. The minimum atomic E-state index is 0.644. The van der Waals surface area contributed by atoms with E-state index in [1.807, 2.05) is 30.3 Å². The van der Waals surface area contributed by atoms with E-state index >= 15 is 0 Å². The van der Waals surface area contributed by atoms with Gasteiger partial charge < -0.3 is 10.1 Å². The van der Waals surface area contributed by atoms with Crippen LogP contribution in [0.3, 0.4) is 0 Å². The fourth-order valence-corrected chi connectivity index (χ4v) is 3.35. The Morgan fingerprint density at radius 2 is 1.81 bits per heavy atom. The summed E-state index contributed by atoms with van der Waals surface area (Å²) in [6, 6.07) is 16.5. The highest BCUT2D eigenvalue weighted by Gasteiger charge is 2.10. The maximum atomic E-state index is 6.05. The van der Waals surface area contributed by atoms with Crippen molar-refractivity contribution in [2.75, 3.05) is 11.9 Å². The molecule has 26 heavy (non-hydrogen) atoms. The summed E-state index contributed by atoms with van der Waals surface area (Å²) < 4.78 is 6.05. The van der Waals surface area contributed by atoms with Crippen molar-refractivity contribution >= 4 is 16.7 Å². The lowest BCUT2D eigenvalue weighted by atomic mass is 9.99. The van der Waals surface area contributed by atoms with Gasteiger partial charge in [0.2, 0.25) is 0 Å². The molecular weight excluding hydrogens is 322 g/mol. The van der Waals surface area contributed by atoms with Crippen molar-refractivity contribution in [1.82, 2.24) is 10.2 Å². The van der Waals surface area contributed by atoms with E-state index in [4.69, 9.17) is 4.74 Å². The maximum absolute atomic E-state index is 6.05. The number of aromatic nitrogens is 2. The van der Waals surface area contributed by atoms with E-state index in [2.05, 4.69) is 47.6 Å². The van der Waals surface area contributed by atoms with Crippen molar-refractivity contribution in [2.45, 2.75) is 46.1 Å². The van der Waals surface area contributed by atoms with Gasteiger partial charge in [-0.25, -0.2) is 0 Å². The van der Waals surface area contributed by atoms with Crippen LogP contribution in [0.15, 0.2) is 48.5 Å². The topological polar surface area (TPSA) is 49.9 Å². The van der Waals surface area contributed by atoms with E-state index in [1.165, 1.54) is 31.2 Å². The number of fused-ring (bicyclic) bond motifs is 1. The Morgan fingerprint density at radius 1 is 1.04 bits per heavy atom. The van der Waals surface area contributed by atoms with Gasteiger partial charge >= 0.3 is 0 Å². The van der Waals surface area contributed by atoms with Crippen molar-refractivity contribution < 1.29 is 4.74 Å². The quantitative estimate of drug-likeness (QED) is 0.487. The number of rotatable bonds is 10. The summed E-state index contributed by atoms with van der Waals surface area (Å²) in [5.41, 5.74) is 2.24. The zero-order chi connectivity index (χ0) is 18.2. The zero-order valence-electron chi connectivity index (χ0n) is 15.8. The average molecular weight is 351 g/mol. The number of H-pyrrole nitrogens is 1. The highest BCUT2D eigenvalue weighted by atomic mass is 16.5. The van der Waals surface area contributed by atoms with Crippen molar-refractivity contribution in [1.29, 1.82) is 0 Å². The number of benzene rings is 2. The summed E-state index contributed by atoms with van der Waals surface area (Å²) in [6.07, 6.45) is 4.88. The molecule has 0 radical (unpaired) electrons. The molecule has 2 aromatic carbocycles. The highest BCUT2D eigenvalue weighted by molar-refractivity contribution is 5.90. The average Bonchev–Trinajstić information content (AvgIpc) is 3.08. The molecule has 0 spiro atoms. The molecule has 3 aromatic rings. The molecule has 0 unspecified atom stereocenters. The van der Waals surface area contributed by atoms with Gasteiger partial charge in [0.1, 0.15) is 5.75 Å². The van der Waals surface area contributed by atoms with Gasteiger partial charge in [-0.15, -0.1) is 0 Å². The molecule has 0 fully saturated rings. The van der Waals surface area contributed by atoms with Crippen molar-refractivity contribution in [3.05, 3.63) is 54.1 Å². The first-order chi connectivity index (χ1) is 12.8. The van der Waals surface area contributed by atoms with E-state index in [-0.39, 0.29) is 0 Å². The second kappa shape index (κ2) is 9.27. The molecule has 1 aromatic heterocycles. The molecule has 0 aliphatic carbocycles. The number of hydrogen-bond acceptors (Lipinski definition) is 3. The molecule has 0 saturated heterocycles. The lowest BCUT2D eigenvalue weighted by molar-refractivity contribution is 0.230. The molecule has 0 atom stereocenters. The maximum Gasteiger partial charge on any atom is 0.155 e. The van der Waals surface area contributed by atoms with Crippen LogP contribution in [0.25, 0.3) is 10.9 Å². The summed E-state index contributed by atoms with van der Waals surface area (Å²) in [5.74, 6) is 2.43. The second-order valence-corrected chi connectivity index (χ2v) is 6.87. The summed E-state index contributed by atoms with van der Waals surface area (Å²) in [7, 11) is 0. The van der Waals surface area contributed by atoms with Crippen molar-refractivity contribution in [2.24, 2.45) is 5.92 Å². The van der Waals surface area contributed by atoms with Crippen molar-refractivity contribution in [3.8, 4) is 5.75 Å². The van der Waals surface area contributed by atoms with Crippen LogP contribution in [-0.4, -0.2) is 16.8 Å². The third-order valence-corrected chi connectivity index (χ3v) is 4.72. The van der Waals surface area contributed by atoms with Crippen LogP contribution in [0, 0.1) is 5.92 Å². The Labute approximate surface area is 156 Å². The van der Waals surface area contributed by atoms with E-state index in [1.54, 1.807) is 0 Å². The van der Waals surface area contributed by atoms with Gasteiger partial charge in [-0.05, 0) is 36.5 Å². The van der Waals surface area contributed by atoms with Crippen LogP contribution in [0.1, 0.15) is 45.1 Å². The first kappa shape index (κ1) is 18.3. The van der Waals surface area contributed by atoms with Gasteiger partial charge in [0.15, 0.2) is 5.82 Å². The zero-order valence-corrected chi connectivity index (χ0v) is 15.8. The third kappa shape index (κ3) is 4.78. The van der Waals surface area contributed by atoms with Gasteiger partial charge in [-0.3, -0.25) is 5.10 Å². The molecular formula is C22H29N3O. The molecule has 0 aliphatic rings. The molecule has 3 rings (SSSR count). The molecule has 0 amide bonds. The van der Waals surface area contributed by atoms with E-state index in [0.29, 0.717) is 5.92 Å². The number of ether oxygens (including phenoxy) is 1. The molecule has 138 valence electrons. The number of nitrogens with one attached hydrogen (secondary N) is 2. The number of aromatic amines is 1. The Bertz CT molecular complexity index is 792. The standard InChI is InChI=1S/C22H29N3O/c1-3-8-18(9-4-2)16-26-19-12-13-20-21(14-19)24-25-22(20)23-15-17-10-6-5-7-11-17/h5-7,10-14,18H,3-4,8-9,15-16H2,1-2H3,(H2,23,24,25). The Kier molecular flexibility index (Phi) is 6.53. The van der Waals surface area contributed by atoms with Crippen LogP contribution in [0.5, 0.6) is 5.75 Å². The van der Waals surface area contributed by atoms with Crippen LogP contribution < -0.4 is 10.1 Å². The Balaban J connectivity index is 1.63. The van der Waals surface area contributed by atoms with Crippen LogP contribution in [-0.2, 0) is 6.54 Å². The minimum absolute atomic E-state index is 0.644. The Hall–Kier alpha value is -2.49. The lowest BCUT2D eigenvalue weighted by Crippen LogP contribution is -2.11. The van der Waals surface area contributed by atoms with Crippen LogP contribution in [0.4, 0.5) is 5.82 Å². The smallest absolute Gasteiger partial charge is 0.155 e. The summed E-state index contributed by atoms with van der Waals surface area (Å²) in [5, 5.41) is 12.0. The predicted octanol–water partition coefficient (Wildman–Crippen LogP) is 5.77. The molecule has 1 heterocycles. The first-order valence-corrected chi connectivity index (χ1v) is 9.68. The fourth-order valence-electron chi connectivity index (χ4n) is 3.35. The predicted molar refractivity (Wildman–Crippen MR) is 109 cm³/mol. The van der Waals surface area contributed by atoms with Crippen molar-refractivity contribution in [3.63, 3.8) is 0 Å².